The smallest absolute Gasteiger partial charge is 0.230 e. The lowest BCUT2D eigenvalue weighted by atomic mass is 10.0. The molecule has 0 spiro atoms. The molecule has 2 N–H and O–H groups in total. The Hall–Kier alpha value is -4.42. The normalized spacial score (nSPS) is 16.8. The number of nitrogens with one attached hydrogen (secondary N) is 1. The van der Waals surface area contributed by atoms with Gasteiger partial charge in [-0.25, -0.2) is 9.97 Å². The minimum Gasteiger partial charge on any atom is -0.493 e. The van der Waals surface area contributed by atoms with Crippen LogP contribution in [0.1, 0.15) is 29.7 Å². The highest BCUT2D eigenvalue weighted by Crippen LogP contribution is 2.39. The summed E-state index contributed by atoms with van der Waals surface area (Å²) in [5.41, 5.74) is 4.12. The molecule has 220 valence electrons. The van der Waals surface area contributed by atoms with Crippen molar-refractivity contribution >= 4 is 17.6 Å². The number of rotatable bonds is 10. The molecule has 0 radical (unpaired) electrons. The van der Waals surface area contributed by atoms with Gasteiger partial charge in [0.05, 0.1) is 51.6 Å². The zero-order valence-electron chi connectivity index (χ0n) is 24.2. The Bertz CT molecular complexity index is 1500. The number of methoxy groups -OCH3 is 3. The van der Waals surface area contributed by atoms with Gasteiger partial charge in [-0.05, 0) is 30.9 Å². The highest BCUT2D eigenvalue weighted by molar-refractivity contribution is 5.60. The topological polar surface area (TPSA) is 123 Å². The number of anilines is 3. The minimum absolute atomic E-state index is 0.0597. The summed E-state index contributed by atoms with van der Waals surface area (Å²) in [5.74, 6) is 3.61. The van der Waals surface area contributed by atoms with Gasteiger partial charge >= 0.3 is 0 Å². The zero-order valence-corrected chi connectivity index (χ0v) is 24.2. The number of fused-ring (bicyclic) bond motifs is 1. The van der Waals surface area contributed by atoms with Crippen LogP contribution >= 0.6 is 0 Å². The van der Waals surface area contributed by atoms with E-state index in [-0.39, 0.29) is 12.6 Å². The summed E-state index contributed by atoms with van der Waals surface area (Å²) in [6.45, 7) is 3.38. The van der Waals surface area contributed by atoms with Crippen LogP contribution in [-0.4, -0.2) is 81.6 Å². The quantitative estimate of drug-likeness (QED) is 0.291. The number of nitrogens with zero attached hydrogens (tertiary/aromatic N) is 7. The summed E-state index contributed by atoms with van der Waals surface area (Å²) in [7, 11) is 4.76. The second-order valence-electron chi connectivity index (χ2n) is 10.5. The van der Waals surface area contributed by atoms with E-state index < -0.39 is 0 Å². The molecule has 0 amide bonds. The van der Waals surface area contributed by atoms with E-state index in [0.29, 0.717) is 35.6 Å². The van der Waals surface area contributed by atoms with E-state index in [1.165, 1.54) is 5.56 Å². The number of hydrogen-bond donors (Lipinski definition) is 2. The van der Waals surface area contributed by atoms with Crippen molar-refractivity contribution in [3.63, 3.8) is 0 Å². The first-order chi connectivity index (χ1) is 20.6. The second-order valence-corrected chi connectivity index (χ2v) is 10.5. The van der Waals surface area contributed by atoms with E-state index in [9.17, 15) is 5.11 Å². The van der Waals surface area contributed by atoms with Crippen molar-refractivity contribution < 1.29 is 19.3 Å². The van der Waals surface area contributed by atoms with E-state index in [4.69, 9.17) is 24.2 Å². The highest BCUT2D eigenvalue weighted by atomic mass is 16.5. The van der Waals surface area contributed by atoms with Gasteiger partial charge in [0.25, 0.3) is 0 Å². The maximum absolute atomic E-state index is 10.1. The molecular weight excluding hydrogens is 536 g/mol. The minimum atomic E-state index is 0.0597. The van der Waals surface area contributed by atoms with Crippen molar-refractivity contribution in [3.05, 3.63) is 66.0 Å². The third kappa shape index (κ3) is 5.55. The number of benzene rings is 1. The molecule has 1 fully saturated rings. The maximum Gasteiger partial charge on any atom is 0.230 e. The molecule has 0 saturated carbocycles. The molecule has 2 aliphatic rings. The van der Waals surface area contributed by atoms with Crippen LogP contribution in [0.2, 0.25) is 0 Å². The zero-order chi connectivity index (χ0) is 29.1. The van der Waals surface area contributed by atoms with Crippen molar-refractivity contribution in [1.82, 2.24) is 29.4 Å². The van der Waals surface area contributed by atoms with E-state index in [1.54, 1.807) is 33.9 Å². The standard InChI is InChI=1S/C30H36N8O4/c1-40-25-12-22(13-26(41-2)28(25)42-3)37-17-27(32-19-37)34-30-33-24-16-36(15-20-6-4-9-31-14-20)11-8-23(24)29(35-30)38-10-5-7-21(38)18-39/h4,6,9,12-14,17,19,21,39H,5,7-8,10-11,15-16,18H2,1-3H3,(H,33,34,35). The first-order valence-corrected chi connectivity index (χ1v) is 14.1. The Morgan fingerprint density at radius 1 is 1.07 bits per heavy atom. The average Bonchev–Trinajstić information content (AvgIpc) is 3.70. The molecule has 42 heavy (non-hydrogen) atoms. The number of imidazole rings is 1. The number of aliphatic hydroxyl groups excluding tert-OH is 1. The van der Waals surface area contributed by atoms with Crippen molar-refractivity contribution in [1.29, 1.82) is 0 Å². The van der Waals surface area contributed by atoms with Crippen LogP contribution in [-0.2, 0) is 19.5 Å². The van der Waals surface area contributed by atoms with Crippen LogP contribution in [0.4, 0.5) is 17.6 Å². The monoisotopic (exact) mass is 572 g/mol. The van der Waals surface area contributed by atoms with Crippen LogP contribution in [0.5, 0.6) is 17.2 Å². The van der Waals surface area contributed by atoms with Gasteiger partial charge in [0.2, 0.25) is 11.7 Å². The molecule has 0 aliphatic carbocycles. The predicted octanol–water partition coefficient (Wildman–Crippen LogP) is 3.35. The summed E-state index contributed by atoms with van der Waals surface area (Å²) < 4.78 is 18.4. The molecule has 0 bridgehead atoms. The number of aromatic nitrogens is 5. The molecule has 1 atom stereocenters. The largest absolute Gasteiger partial charge is 0.493 e. The summed E-state index contributed by atoms with van der Waals surface area (Å²) in [6.07, 6.45) is 10.1. The number of hydrogen-bond acceptors (Lipinski definition) is 11. The Kier molecular flexibility index (Phi) is 8.06. The van der Waals surface area contributed by atoms with Gasteiger partial charge in [-0.15, -0.1) is 0 Å². The molecule has 12 nitrogen and oxygen atoms in total. The Labute approximate surface area is 244 Å². The number of ether oxygens (including phenoxy) is 3. The lowest BCUT2D eigenvalue weighted by Crippen LogP contribution is -2.37. The molecule has 4 aromatic rings. The Balaban J connectivity index is 1.30. The number of pyridine rings is 1. The van der Waals surface area contributed by atoms with Crippen molar-refractivity contribution in [2.75, 3.05) is 51.2 Å². The van der Waals surface area contributed by atoms with Gasteiger partial charge in [-0.3, -0.25) is 9.88 Å². The molecular formula is C30H36N8O4. The molecule has 5 heterocycles. The fourth-order valence-electron chi connectivity index (χ4n) is 5.81. The maximum atomic E-state index is 10.1. The summed E-state index contributed by atoms with van der Waals surface area (Å²) in [6, 6.07) is 7.85. The van der Waals surface area contributed by atoms with Gasteiger partial charge < -0.3 is 34.1 Å². The molecule has 6 rings (SSSR count). The van der Waals surface area contributed by atoms with E-state index in [1.807, 2.05) is 35.2 Å². The van der Waals surface area contributed by atoms with E-state index in [2.05, 4.69) is 31.2 Å². The molecule has 1 aromatic carbocycles. The first-order valence-electron chi connectivity index (χ1n) is 14.1. The van der Waals surface area contributed by atoms with Gasteiger partial charge in [0.15, 0.2) is 17.3 Å². The fraction of sp³-hybridized carbons (Fsp3) is 0.400. The predicted molar refractivity (Wildman–Crippen MR) is 158 cm³/mol. The lowest BCUT2D eigenvalue weighted by Gasteiger charge is -2.33. The third-order valence-corrected chi connectivity index (χ3v) is 7.88. The second kappa shape index (κ2) is 12.2. The first kappa shape index (κ1) is 27.7. The van der Waals surface area contributed by atoms with Crippen LogP contribution in [0, 0.1) is 0 Å². The Morgan fingerprint density at radius 3 is 2.62 bits per heavy atom. The van der Waals surface area contributed by atoms with Crippen LogP contribution in [0.3, 0.4) is 0 Å². The molecule has 12 heteroatoms. The van der Waals surface area contributed by atoms with Gasteiger partial charge in [0, 0.05) is 56.3 Å². The Morgan fingerprint density at radius 2 is 1.90 bits per heavy atom. The SMILES string of the molecule is COc1cc(-n2cnc(Nc3nc4c(c(N5CCCC5CO)n3)CCN(Cc3cccnc3)C4)c2)cc(OC)c1OC. The molecule has 3 aromatic heterocycles. The summed E-state index contributed by atoms with van der Waals surface area (Å²) in [5, 5.41) is 13.4. The van der Waals surface area contributed by atoms with Crippen LogP contribution in [0.25, 0.3) is 5.69 Å². The molecule has 1 unspecified atom stereocenters. The third-order valence-electron chi connectivity index (χ3n) is 7.88. The molecule has 2 aliphatic heterocycles. The van der Waals surface area contributed by atoms with E-state index in [0.717, 1.165) is 61.7 Å². The van der Waals surface area contributed by atoms with Crippen LogP contribution in [0.15, 0.2) is 49.2 Å². The van der Waals surface area contributed by atoms with Gasteiger partial charge in [0.1, 0.15) is 12.1 Å². The summed E-state index contributed by atoms with van der Waals surface area (Å²) >= 11 is 0. The molecule has 1 saturated heterocycles. The van der Waals surface area contributed by atoms with Gasteiger partial charge in [-0.1, -0.05) is 6.07 Å². The fourth-order valence-corrected chi connectivity index (χ4v) is 5.81. The lowest BCUT2D eigenvalue weighted by molar-refractivity contribution is 0.240. The van der Waals surface area contributed by atoms with Crippen molar-refractivity contribution in [2.45, 2.75) is 38.4 Å². The van der Waals surface area contributed by atoms with Crippen molar-refractivity contribution in [3.8, 4) is 22.9 Å². The average molecular weight is 573 g/mol. The van der Waals surface area contributed by atoms with Gasteiger partial charge in [-0.2, -0.15) is 4.98 Å². The van der Waals surface area contributed by atoms with Crippen LogP contribution < -0.4 is 24.4 Å². The van der Waals surface area contributed by atoms with E-state index >= 15 is 0 Å². The highest BCUT2D eigenvalue weighted by Gasteiger charge is 2.31. The van der Waals surface area contributed by atoms with Crippen molar-refractivity contribution in [2.24, 2.45) is 0 Å². The number of aliphatic hydroxyl groups is 1. The summed E-state index contributed by atoms with van der Waals surface area (Å²) in [4.78, 5) is 23.4.